The lowest BCUT2D eigenvalue weighted by atomic mass is 10.1. The Morgan fingerprint density at radius 3 is 2.58 bits per heavy atom. The van der Waals surface area contributed by atoms with E-state index < -0.39 is 9.84 Å². The molecule has 0 aromatic rings. The summed E-state index contributed by atoms with van der Waals surface area (Å²) in [5.41, 5.74) is 0. The third kappa shape index (κ3) is 2.20. The Bertz CT molecular complexity index is 235. The fraction of sp³-hybridized carbons (Fsp3) is 1.00. The maximum Gasteiger partial charge on any atom is 0.153 e. The van der Waals surface area contributed by atoms with Crippen LogP contribution in [0.2, 0.25) is 0 Å². The van der Waals surface area contributed by atoms with Crippen LogP contribution in [-0.4, -0.2) is 32.5 Å². The zero-order valence-corrected chi connectivity index (χ0v) is 8.52. The average Bonchev–Trinajstić information content (AvgIpc) is 2.02. The first-order valence-electron chi connectivity index (χ1n) is 4.45. The molecule has 2 atom stereocenters. The number of rotatable bonds is 4. The highest BCUT2D eigenvalue weighted by atomic mass is 32.2. The standard InChI is InChI=1S/C8H17NO2S/c1-7(9-2)3-4-8-5-6-12(8,10)11/h7-9H,3-6H2,1-2H3. The van der Waals surface area contributed by atoms with Crippen molar-refractivity contribution in [3.05, 3.63) is 0 Å². The van der Waals surface area contributed by atoms with Gasteiger partial charge in [-0.3, -0.25) is 0 Å². The summed E-state index contributed by atoms with van der Waals surface area (Å²) < 4.78 is 22.2. The van der Waals surface area contributed by atoms with Crippen LogP contribution < -0.4 is 5.32 Å². The van der Waals surface area contributed by atoms with E-state index in [0.717, 1.165) is 19.3 Å². The van der Waals surface area contributed by atoms with E-state index in [4.69, 9.17) is 0 Å². The molecule has 2 unspecified atom stereocenters. The maximum absolute atomic E-state index is 11.1. The summed E-state index contributed by atoms with van der Waals surface area (Å²) in [4.78, 5) is 0. The molecule has 0 aliphatic carbocycles. The van der Waals surface area contributed by atoms with Gasteiger partial charge in [-0.25, -0.2) is 8.42 Å². The summed E-state index contributed by atoms with van der Waals surface area (Å²) in [6.07, 6.45) is 2.66. The normalized spacial score (nSPS) is 29.3. The van der Waals surface area contributed by atoms with Gasteiger partial charge < -0.3 is 5.32 Å². The minimum atomic E-state index is -2.65. The highest BCUT2D eigenvalue weighted by Crippen LogP contribution is 2.25. The number of hydrogen-bond acceptors (Lipinski definition) is 3. The van der Waals surface area contributed by atoms with Gasteiger partial charge in [-0.2, -0.15) is 0 Å². The van der Waals surface area contributed by atoms with Gasteiger partial charge in [-0.15, -0.1) is 0 Å². The zero-order valence-electron chi connectivity index (χ0n) is 7.71. The molecule has 1 aliphatic heterocycles. The fourth-order valence-electron chi connectivity index (χ4n) is 1.38. The Balaban J connectivity index is 2.25. The van der Waals surface area contributed by atoms with Crippen LogP contribution in [0.3, 0.4) is 0 Å². The van der Waals surface area contributed by atoms with Crippen LogP contribution in [0, 0.1) is 0 Å². The summed E-state index contributed by atoms with van der Waals surface area (Å²) in [5.74, 6) is 0.408. The minimum absolute atomic E-state index is 0.0340. The van der Waals surface area contributed by atoms with Crippen LogP contribution in [0.5, 0.6) is 0 Å². The Hall–Kier alpha value is -0.0900. The van der Waals surface area contributed by atoms with E-state index in [2.05, 4.69) is 12.2 Å². The number of sulfone groups is 1. The first-order valence-corrected chi connectivity index (χ1v) is 6.16. The molecule has 0 radical (unpaired) electrons. The second kappa shape index (κ2) is 3.75. The van der Waals surface area contributed by atoms with E-state index >= 15 is 0 Å². The van der Waals surface area contributed by atoms with Gasteiger partial charge in [-0.1, -0.05) is 0 Å². The predicted octanol–water partition coefficient (Wildman–Crippen LogP) is 0.562. The van der Waals surface area contributed by atoms with Crippen molar-refractivity contribution in [2.24, 2.45) is 0 Å². The molecular weight excluding hydrogens is 174 g/mol. The molecule has 0 aromatic carbocycles. The molecule has 3 nitrogen and oxygen atoms in total. The molecule has 12 heavy (non-hydrogen) atoms. The van der Waals surface area contributed by atoms with Crippen LogP contribution in [0.1, 0.15) is 26.2 Å². The van der Waals surface area contributed by atoms with Gasteiger partial charge in [0.1, 0.15) is 0 Å². The van der Waals surface area contributed by atoms with E-state index in [-0.39, 0.29) is 5.25 Å². The molecule has 0 aromatic heterocycles. The third-order valence-electron chi connectivity index (χ3n) is 2.65. The van der Waals surface area contributed by atoms with Gasteiger partial charge in [0, 0.05) is 6.04 Å². The van der Waals surface area contributed by atoms with Gasteiger partial charge >= 0.3 is 0 Å². The topological polar surface area (TPSA) is 46.2 Å². The molecule has 1 fully saturated rings. The van der Waals surface area contributed by atoms with Crippen LogP contribution in [0.25, 0.3) is 0 Å². The molecule has 0 spiro atoms. The predicted molar refractivity (Wildman–Crippen MR) is 49.9 cm³/mol. The van der Waals surface area contributed by atoms with E-state index in [9.17, 15) is 8.42 Å². The summed E-state index contributed by atoms with van der Waals surface area (Å²) in [5, 5.41) is 3.07. The van der Waals surface area contributed by atoms with Crippen LogP contribution in [-0.2, 0) is 9.84 Å². The molecule has 0 amide bonds. The van der Waals surface area contributed by atoms with Crippen LogP contribution >= 0.6 is 0 Å². The maximum atomic E-state index is 11.1. The molecule has 72 valence electrons. The third-order valence-corrected chi connectivity index (χ3v) is 4.94. The summed E-state index contributed by atoms with van der Waals surface area (Å²) >= 11 is 0. The lowest BCUT2D eigenvalue weighted by molar-refractivity contribution is 0.489. The molecule has 1 heterocycles. The highest BCUT2D eigenvalue weighted by molar-refractivity contribution is 7.93. The molecule has 1 rings (SSSR count). The van der Waals surface area contributed by atoms with E-state index in [0.29, 0.717) is 11.8 Å². The van der Waals surface area contributed by atoms with Crippen LogP contribution in [0.15, 0.2) is 0 Å². The van der Waals surface area contributed by atoms with Crippen molar-refractivity contribution in [3.8, 4) is 0 Å². The summed E-state index contributed by atoms with van der Waals surface area (Å²) in [6, 6.07) is 0.431. The SMILES string of the molecule is CNC(C)CCC1CCS1(=O)=O. The lowest BCUT2D eigenvalue weighted by Gasteiger charge is -2.26. The Morgan fingerprint density at radius 1 is 1.58 bits per heavy atom. The van der Waals surface area contributed by atoms with Gasteiger partial charge in [-0.05, 0) is 33.2 Å². The lowest BCUT2D eigenvalue weighted by Crippen LogP contribution is -2.37. The van der Waals surface area contributed by atoms with Crippen molar-refractivity contribution in [2.45, 2.75) is 37.5 Å². The summed E-state index contributed by atoms with van der Waals surface area (Å²) in [6.45, 7) is 2.07. The zero-order chi connectivity index (χ0) is 9.19. The van der Waals surface area contributed by atoms with Gasteiger partial charge in [0.15, 0.2) is 9.84 Å². The second-order valence-electron chi connectivity index (χ2n) is 3.54. The molecule has 1 aliphatic rings. The van der Waals surface area contributed by atoms with E-state index in [1.165, 1.54) is 0 Å². The average molecular weight is 191 g/mol. The molecule has 4 heteroatoms. The smallest absolute Gasteiger partial charge is 0.153 e. The van der Waals surface area contributed by atoms with Gasteiger partial charge in [0.05, 0.1) is 11.0 Å². The minimum Gasteiger partial charge on any atom is -0.317 e. The van der Waals surface area contributed by atoms with Crippen molar-refractivity contribution in [1.82, 2.24) is 5.32 Å². The van der Waals surface area contributed by atoms with Gasteiger partial charge in [0.25, 0.3) is 0 Å². The Labute approximate surface area is 74.5 Å². The Morgan fingerprint density at radius 2 is 2.25 bits per heavy atom. The van der Waals surface area contributed by atoms with Crippen molar-refractivity contribution < 1.29 is 8.42 Å². The van der Waals surface area contributed by atoms with Crippen molar-refractivity contribution in [2.75, 3.05) is 12.8 Å². The number of nitrogens with one attached hydrogen (secondary N) is 1. The largest absolute Gasteiger partial charge is 0.317 e. The van der Waals surface area contributed by atoms with E-state index in [1.54, 1.807) is 0 Å². The first-order chi connectivity index (χ1) is 5.56. The van der Waals surface area contributed by atoms with Crippen molar-refractivity contribution in [1.29, 1.82) is 0 Å². The molecular formula is C8H17NO2S. The summed E-state index contributed by atoms with van der Waals surface area (Å²) in [7, 11) is -0.751. The highest BCUT2D eigenvalue weighted by Gasteiger charge is 2.34. The molecule has 0 bridgehead atoms. The monoisotopic (exact) mass is 191 g/mol. The van der Waals surface area contributed by atoms with Crippen LogP contribution in [0.4, 0.5) is 0 Å². The van der Waals surface area contributed by atoms with Crippen molar-refractivity contribution >= 4 is 9.84 Å². The van der Waals surface area contributed by atoms with E-state index in [1.807, 2.05) is 7.05 Å². The molecule has 1 N–H and O–H groups in total. The van der Waals surface area contributed by atoms with Gasteiger partial charge in [0.2, 0.25) is 0 Å². The molecule has 0 saturated carbocycles. The molecule has 1 saturated heterocycles. The second-order valence-corrected chi connectivity index (χ2v) is 5.95. The quantitative estimate of drug-likeness (QED) is 0.706. The fourth-order valence-corrected chi connectivity index (χ4v) is 2.83. The number of hydrogen-bond donors (Lipinski definition) is 1. The Kier molecular flexibility index (Phi) is 3.12. The first kappa shape index (κ1) is 9.99. The van der Waals surface area contributed by atoms with Crippen molar-refractivity contribution in [3.63, 3.8) is 0 Å².